The zero-order valence-corrected chi connectivity index (χ0v) is 15.7. The average molecular weight is 396 g/mol. The molecule has 0 N–H and O–H groups in total. The summed E-state index contributed by atoms with van der Waals surface area (Å²) in [5.41, 5.74) is 1.77. The quantitative estimate of drug-likeness (QED) is 0.751. The Labute approximate surface area is 161 Å². The zero-order valence-electron chi connectivity index (χ0n) is 15.7. The van der Waals surface area contributed by atoms with Crippen LogP contribution in [0.15, 0.2) is 41.0 Å². The summed E-state index contributed by atoms with van der Waals surface area (Å²) in [7, 11) is 1.18. The Morgan fingerprint density at radius 2 is 1.79 bits per heavy atom. The summed E-state index contributed by atoms with van der Waals surface area (Å²) >= 11 is 0. The van der Waals surface area contributed by atoms with Gasteiger partial charge in [-0.2, -0.15) is 13.2 Å². The number of amides is 1. The Kier molecular flexibility index (Phi) is 6.35. The Morgan fingerprint density at radius 3 is 2.43 bits per heavy atom. The van der Waals surface area contributed by atoms with Crippen LogP contribution in [0.5, 0.6) is 0 Å². The summed E-state index contributed by atoms with van der Waals surface area (Å²) in [5, 5.41) is 0. The van der Waals surface area contributed by atoms with E-state index in [9.17, 15) is 18.0 Å². The van der Waals surface area contributed by atoms with Crippen molar-refractivity contribution in [1.82, 2.24) is 19.7 Å². The van der Waals surface area contributed by atoms with E-state index < -0.39 is 18.6 Å². The number of benzene rings is 1. The highest BCUT2D eigenvalue weighted by Crippen LogP contribution is 2.19. The van der Waals surface area contributed by atoms with Crippen LogP contribution >= 0.6 is 0 Å². The lowest BCUT2D eigenvalue weighted by Crippen LogP contribution is -2.50. The predicted octanol–water partition coefficient (Wildman–Crippen LogP) is 2.48. The molecule has 2 aromatic rings. The summed E-state index contributed by atoms with van der Waals surface area (Å²) < 4.78 is 42.7. The molecule has 1 aromatic heterocycles. The van der Waals surface area contributed by atoms with Gasteiger partial charge in [-0.1, -0.05) is 30.3 Å². The minimum atomic E-state index is -4.38. The topological polar surface area (TPSA) is 52.8 Å². The normalized spacial score (nSPS) is 16.3. The first-order valence-corrected chi connectivity index (χ1v) is 9.05. The van der Waals surface area contributed by atoms with Gasteiger partial charge in [0.15, 0.2) is 0 Å². The SMILES string of the molecule is CN(CC(F)(F)F)C(=O)CN1CCN(Cc2nc(-c3ccccc3)co2)CC1. The van der Waals surface area contributed by atoms with Crippen molar-refractivity contribution < 1.29 is 22.4 Å². The fraction of sp³-hybridized carbons (Fsp3) is 0.474. The number of halogens is 3. The molecule has 9 heteroatoms. The maximum Gasteiger partial charge on any atom is 0.406 e. The van der Waals surface area contributed by atoms with Crippen LogP contribution in [0, 0.1) is 0 Å². The molecule has 3 rings (SSSR count). The minimum absolute atomic E-state index is 0.00240. The van der Waals surface area contributed by atoms with Crippen LogP contribution in [-0.2, 0) is 11.3 Å². The smallest absolute Gasteiger partial charge is 0.406 e. The molecule has 1 aromatic carbocycles. The lowest BCUT2D eigenvalue weighted by Gasteiger charge is -2.34. The van der Waals surface area contributed by atoms with E-state index in [0.717, 1.165) is 16.2 Å². The van der Waals surface area contributed by atoms with Crippen molar-refractivity contribution in [3.05, 3.63) is 42.5 Å². The first-order chi connectivity index (χ1) is 13.3. The van der Waals surface area contributed by atoms with Crippen molar-refractivity contribution >= 4 is 5.91 Å². The molecule has 0 bridgehead atoms. The number of carbonyl (C=O) groups is 1. The van der Waals surface area contributed by atoms with Crippen molar-refractivity contribution in [3.8, 4) is 11.3 Å². The Hall–Kier alpha value is -2.39. The van der Waals surface area contributed by atoms with Gasteiger partial charge in [0, 0.05) is 38.8 Å². The second kappa shape index (κ2) is 8.74. The standard InChI is InChI=1S/C19H23F3N4O2/c1-24(14-19(20,21)22)18(27)12-26-9-7-25(8-10-26)11-17-23-16(13-28-17)15-5-3-2-4-6-15/h2-6,13H,7-12,14H2,1H3. The highest BCUT2D eigenvalue weighted by molar-refractivity contribution is 5.78. The summed E-state index contributed by atoms with van der Waals surface area (Å²) in [6, 6.07) is 9.75. The van der Waals surface area contributed by atoms with Gasteiger partial charge >= 0.3 is 6.18 Å². The van der Waals surface area contributed by atoms with Crippen LogP contribution in [0.1, 0.15) is 5.89 Å². The lowest BCUT2D eigenvalue weighted by molar-refractivity contribution is -0.159. The molecule has 0 spiro atoms. The molecule has 0 atom stereocenters. The zero-order chi connectivity index (χ0) is 20.1. The van der Waals surface area contributed by atoms with Gasteiger partial charge in [-0.05, 0) is 0 Å². The van der Waals surface area contributed by atoms with E-state index in [4.69, 9.17) is 4.42 Å². The van der Waals surface area contributed by atoms with Crippen molar-refractivity contribution in [3.63, 3.8) is 0 Å². The van der Waals surface area contributed by atoms with Gasteiger partial charge < -0.3 is 9.32 Å². The number of carbonyl (C=O) groups excluding carboxylic acids is 1. The lowest BCUT2D eigenvalue weighted by atomic mass is 10.2. The van der Waals surface area contributed by atoms with E-state index in [0.29, 0.717) is 38.6 Å². The third-order valence-electron chi connectivity index (χ3n) is 4.65. The Bertz CT molecular complexity index is 771. The molecule has 0 unspecified atom stereocenters. The second-order valence-corrected chi connectivity index (χ2v) is 6.91. The highest BCUT2D eigenvalue weighted by Gasteiger charge is 2.32. The van der Waals surface area contributed by atoms with Crippen LogP contribution in [0.3, 0.4) is 0 Å². The van der Waals surface area contributed by atoms with Crippen LogP contribution < -0.4 is 0 Å². The van der Waals surface area contributed by atoms with Gasteiger partial charge in [0.05, 0.1) is 13.1 Å². The number of piperazine rings is 1. The van der Waals surface area contributed by atoms with E-state index >= 15 is 0 Å². The number of hydrogen-bond acceptors (Lipinski definition) is 5. The molecular weight excluding hydrogens is 373 g/mol. The molecule has 1 fully saturated rings. The highest BCUT2D eigenvalue weighted by atomic mass is 19.4. The Balaban J connectivity index is 1.44. The molecular formula is C19H23F3N4O2. The number of rotatable bonds is 6. The number of likely N-dealkylation sites (N-methyl/N-ethyl adjacent to an activating group) is 1. The summed E-state index contributed by atoms with van der Waals surface area (Å²) in [5.74, 6) is 0.0965. The van der Waals surface area contributed by atoms with Gasteiger partial charge in [0.2, 0.25) is 11.8 Å². The molecule has 1 aliphatic rings. The van der Waals surface area contributed by atoms with Gasteiger partial charge in [-0.3, -0.25) is 14.6 Å². The first kappa shape index (κ1) is 20.3. The van der Waals surface area contributed by atoms with Crippen LogP contribution in [0.2, 0.25) is 0 Å². The average Bonchev–Trinajstić information content (AvgIpc) is 3.11. The third kappa shape index (κ3) is 5.80. The molecule has 152 valence electrons. The van der Waals surface area contributed by atoms with Crippen molar-refractivity contribution in [1.29, 1.82) is 0 Å². The number of alkyl halides is 3. The van der Waals surface area contributed by atoms with Crippen LogP contribution in [0.4, 0.5) is 13.2 Å². The molecule has 28 heavy (non-hydrogen) atoms. The first-order valence-electron chi connectivity index (χ1n) is 9.05. The number of hydrogen-bond donors (Lipinski definition) is 0. The second-order valence-electron chi connectivity index (χ2n) is 6.91. The molecule has 1 amide bonds. The molecule has 1 saturated heterocycles. The maximum absolute atomic E-state index is 12.4. The fourth-order valence-corrected chi connectivity index (χ4v) is 3.09. The van der Waals surface area contributed by atoms with E-state index in [1.165, 1.54) is 7.05 Å². The number of aromatic nitrogens is 1. The summed E-state index contributed by atoms with van der Waals surface area (Å²) in [4.78, 5) is 21.2. The number of oxazole rings is 1. The summed E-state index contributed by atoms with van der Waals surface area (Å²) in [6.07, 6.45) is -2.74. The largest absolute Gasteiger partial charge is 0.447 e. The van der Waals surface area contributed by atoms with E-state index in [1.54, 1.807) is 6.26 Å². The minimum Gasteiger partial charge on any atom is -0.447 e. The Morgan fingerprint density at radius 1 is 1.14 bits per heavy atom. The fourth-order valence-electron chi connectivity index (χ4n) is 3.09. The van der Waals surface area contributed by atoms with Crippen LogP contribution in [-0.4, -0.2) is 78.1 Å². The third-order valence-corrected chi connectivity index (χ3v) is 4.65. The van der Waals surface area contributed by atoms with E-state index in [2.05, 4.69) is 9.88 Å². The predicted molar refractivity (Wildman–Crippen MR) is 97.3 cm³/mol. The van der Waals surface area contributed by atoms with Crippen LogP contribution in [0.25, 0.3) is 11.3 Å². The number of nitrogens with zero attached hydrogens (tertiary/aromatic N) is 4. The molecule has 0 radical (unpaired) electrons. The van der Waals surface area contributed by atoms with Crippen molar-refractivity contribution in [2.24, 2.45) is 0 Å². The summed E-state index contributed by atoms with van der Waals surface area (Å²) in [6.45, 7) is 1.94. The van der Waals surface area contributed by atoms with Gasteiger partial charge in [0.1, 0.15) is 18.5 Å². The molecule has 0 saturated carbocycles. The molecule has 0 aliphatic carbocycles. The molecule has 1 aliphatic heterocycles. The van der Waals surface area contributed by atoms with Crippen molar-refractivity contribution in [2.45, 2.75) is 12.7 Å². The van der Waals surface area contributed by atoms with E-state index in [-0.39, 0.29) is 6.54 Å². The molecule has 2 heterocycles. The molecule has 6 nitrogen and oxygen atoms in total. The van der Waals surface area contributed by atoms with E-state index in [1.807, 2.05) is 35.2 Å². The van der Waals surface area contributed by atoms with Gasteiger partial charge in [-0.25, -0.2) is 4.98 Å². The maximum atomic E-state index is 12.4. The van der Waals surface area contributed by atoms with Crippen molar-refractivity contribution in [2.75, 3.05) is 46.3 Å². The van der Waals surface area contributed by atoms with Gasteiger partial charge in [-0.15, -0.1) is 0 Å². The van der Waals surface area contributed by atoms with Gasteiger partial charge in [0.25, 0.3) is 0 Å². The monoisotopic (exact) mass is 396 g/mol.